The minimum atomic E-state index is 0.595. The second-order valence-electron chi connectivity index (χ2n) is 8.55. The largest absolute Gasteiger partial charge is 0.358 e. The molecule has 3 aliphatic carbocycles. The maximum atomic E-state index is 3.69. The van der Waals surface area contributed by atoms with E-state index >= 15 is 0 Å². The van der Waals surface area contributed by atoms with Crippen molar-refractivity contribution >= 4 is 22.7 Å². The predicted octanol–water partition coefficient (Wildman–Crippen LogP) is 6.52. The van der Waals surface area contributed by atoms with Crippen molar-refractivity contribution in [2.45, 2.75) is 37.4 Å². The summed E-state index contributed by atoms with van der Waals surface area (Å²) in [4.78, 5) is 5.30. The van der Waals surface area contributed by atoms with Crippen molar-refractivity contribution in [1.29, 1.82) is 0 Å². The maximum Gasteiger partial charge on any atom is 0.0459 e. The first-order valence-electron chi connectivity index (χ1n) is 10.3. The number of aryl methyl sites for hydroxylation is 1. The Balaban J connectivity index is 1.33. The quantitative estimate of drug-likeness (QED) is 0.603. The van der Waals surface area contributed by atoms with E-state index in [2.05, 4.69) is 84.4 Å². The van der Waals surface area contributed by atoms with Gasteiger partial charge in [-0.3, -0.25) is 0 Å². The SMILES string of the molecule is CC1c2c([nH]c3ccccc23)CCC1C1=CC=C2SC3C=CC=CC3C2C1. The summed E-state index contributed by atoms with van der Waals surface area (Å²) in [6, 6.07) is 8.85. The number of para-hydroxylation sites is 1. The number of fused-ring (bicyclic) bond motifs is 6. The van der Waals surface area contributed by atoms with Gasteiger partial charge in [0.1, 0.15) is 0 Å². The van der Waals surface area contributed by atoms with E-state index in [1.165, 1.54) is 35.9 Å². The van der Waals surface area contributed by atoms with Crippen LogP contribution in [-0.4, -0.2) is 10.2 Å². The summed E-state index contributed by atoms with van der Waals surface area (Å²) in [5.74, 6) is 2.68. The number of hydrogen-bond acceptors (Lipinski definition) is 1. The molecule has 1 aromatic heterocycles. The highest BCUT2D eigenvalue weighted by Gasteiger charge is 2.41. The zero-order chi connectivity index (χ0) is 18.0. The summed E-state index contributed by atoms with van der Waals surface area (Å²) in [6.07, 6.45) is 18.0. The van der Waals surface area contributed by atoms with Crippen LogP contribution in [0.25, 0.3) is 10.9 Å². The van der Waals surface area contributed by atoms with Crippen molar-refractivity contribution < 1.29 is 0 Å². The molecule has 6 rings (SSSR count). The Morgan fingerprint density at radius 3 is 2.89 bits per heavy atom. The number of allylic oxidation sites excluding steroid dienone is 7. The third-order valence-corrected chi connectivity index (χ3v) is 8.67. The standard InChI is InChI=1S/C25H25NS/c1-15-17(11-12-22-25(15)19-7-2-4-8-21(19)26-22)16-10-13-24-20(14-16)18-6-3-5-9-23(18)27-24/h2-10,13,15,17-18,20,23,26H,11-12,14H2,1H3. The van der Waals surface area contributed by atoms with Crippen LogP contribution in [0.3, 0.4) is 0 Å². The van der Waals surface area contributed by atoms with Gasteiger partial charge in [0.25, 0.3) is 0 Å². The molecule has 136 valence electrons. The first-order chi connectivity index (χ1) is 13.3. The minimum Gasteiger partial charge on any atom is -0.358 e. The lowest BCUT2D eigenvalue weighted by molar-refractivity contribution is 0.399. The highest BCUT2D eigenvalue weighted by atomic mass is 32.2. The van der Waals surface area contributed by atoms with E-state index in [1.54, 1.807) is 16.0 Å². The summed E-state index contributed by atoms with van der Waals surface area (Å²) >= 11 is 2.09. The van der Waals surface area contributed by atoms with Crippen LogP contribution in [0.15, 0.2) is 71.2 Å². The third kappa shape index (κ3) is 2.39. The Bertz CT molecular complexity index is 1030. The lowest BCUT2D eigenvalue weighted by atomic mass is 9.69. The van der Waals surface area contributed by atoms with Crippen molar-refractivity contribution in [2.24, 2.45) is 17.8 Å². The van der Waals surface area contributed by atoms with Gasteiger partial charge in [-0.2, -0.15) is 0 Å². The Hall–Kier alpha value is -1.93. The molecule has 1 aliphatic heterocycles. The molecule has 1 saturated heterocycles. The van der Waals surface area contributed by atoms with Crippen LogP contribution in [0, 0.1) is 17.8 Å². The summed E-state index contributed by atoms with van der Waals surface area (Å²) < 4.78 is 0. The van der Waals surface area contributed by atoms with Gasteiger partial charge < -0.3 is 4.98 Å². The fourth-order valence-electron chi connectivity index (χ4n) is 5.90. The third-order valence-electron chi connectivity index (χ3n) is 7.21. The fraction of sp³-hybridized carbons (Fsp3) is 0.360. The molecule has 5 atom stereocenters. The smallest absolute Gasteiger partial charge is 0.0459 e. The Morgan fingerprint density at radius 1 is 1.04 bits per heavy atom. The normalized spacial score (nSPS) is 34.0. The molecule has 0 saturated carbocycles. The highest BCUT2D eigenvalue weighted by molar-refractivity contribution is 8.04. The Kier molecular flexibility index (Phi) is 3.59. The van der Waals surface area contributed by atoms with Crippen molar-refractivity contribution in [3.8, 4) is 0 Å². The van der Waals surface area contributed by atoms with Gasteiger partial charge >= 0.3 is 0 Å². The molecule has 1 aromatic carbocycles. The van der Waals surface area contributed by atoms with Gasteiger partial charge in [0, 0.05) is 33.7 Å². The number of aromatic nitrogens is 1. The molecular weight excluding hydrogens is 346 g/mol. The molecule has 5 unspecified atom stereocenters. The lowest BCUT2D eigenvalue weighted by Gasteiger charge is -2.35. The van der Waals surface area contributed by atoms with Gasteiger partial charge in [0.15, 0.2) is 0 Å². The van der Waals surface area contributed by atoms with E-state index in [4.69, 9.17) is 0 Å². The minimum absolute atomic E-state index is 0.595. The second-order valence-corrected chi connectivity index (χ2v) is 9.80. The molecule has 1 nitrogen and oxygen atoms in total. The maximum absolute atomic E-state index is 3.69. The van der Waals surface area contributed by atoms with Gasteiger partial charge in [-0.1, -0.05) is 67.2 Å². The molecule has 2 heterocycles. The molecule has 4 aliphatic rings. The fourth-order valence-corrected chi connectivity index (χ4v) is 7.38. The molecule has 0 bridgehead atoms. The van der Waals surface area contributed by atoms with Gasteiger partial charge in [-0.15, -0.1) is 11.8 Å². The number of thioether (sulfide) groups is 1. The van der Waals surface area contributed by atoms with Gasteiger partial charge in [-0.25, -0.2) is 0 Å². The molecule has 2 aromatic rings. The molecule has 2 heteroatoms. The van der Waals surface area contributed by atoms with E-state index in [9.17, 15) is 0 Å². The molecule has 27 heavy (non-hydrogen) atoms. The molecule has 0 amide bonds. The van der Waals surface area contributed by atoms with E-state index in [-0.39, 0.29) is 0 Å². The number of benzene rings is 1. The van der Waals surface area contributed by atoms with E-state index < -0.39 is 0 Å². The number of hydrogen-bond donors (Lipinski definition) is 1. The monoisotopic (exact) mass is 371 g/mol. The summed E-state index contributed by atoms with van der Waals surface area (Å²) in [6.45, 7) is 2.46. The van der Waals surface area contributed by atoms with Crippen LogP contribution in [0.1, 0.15) is 36.9 Å². The van der Waals surface area contributed by atoms with Crippen LogP contribution in [0.4, 0.5) is 0 Å². The van der Waals surface area contributed by atoms with Crippen LogP contribution in [0.5, 0.6) is 0 Å². The average Bonchev–Trinajstić information content (AvgIpc) is 3.26. The first kappa shape index (κ1) is 16.1. The van der Waals surface area contributed by atoms with Crippen molar-refractivity contribution in [3.05, 3.63) is 82.5 Å². The Morgan fingerprint density at radius 2 is 1.93 bits per heavy atom. The van der Waals surface area contributed by atoms with Gasteiger partial charge in [-0.05, 0) is 47.6 Å². The van der Waals surface area contributed by atoms with Crippen molar-refractivity contribution in [1.82, 2.24) is 4.98 Å². The van der Waals surface area contributed by atoms with Crippen LogP contribution in [0.2, 0.25) is 0 Å². The molecule has 0 radical (unpaired) electrons. The summed E-state index contributed by atoms with van der Waals surface area (Å²) in [7, 11) is 0. The first-order valence-corrected chi connectivity index (χ1v) is 11.2. The number of H-pyrrole nitrogens is 1. The molecule has 1 fully saturated rings. The number of aromatic amines is 1. The zero-order valence-corrected chi connectivity index (χ0v) is 16.5. The predicted molar refractivity (Wildman–Crippen MR) is 116 cm³/mol. The van der Waals surface area contributed by atoms with E-state index in [1.807, 2.05) is 0 Å². The average molecular weight is 372 g/mol. The van der Waals surface area contributed by atoms with Crippen molar-refractivity contribution in [3.63, 3.8) is 0 Å². The summed E-state index contributed by atoms with van der Waals surface area (Å²) in [5, 5.41) is 2.09. The van der Waals surface area contributed by atoms with Gasteiger partial charge in [0.2, 0.25) is 0 Å². The zero-order valence-electron chi connectivity index (χ0n) is 15.7. The van der Waals surface area contributed by atoms with E-state index in [0.717, 1.165) is 0 Å². The second kappa shape index (κ2) is 6.04. The van der Waals surface area contributed by atoms with Crippen molar-refractivity contribution in [2.75, 3.05) is 0 Å². The summed E-state index contributed by atoms with van der Waals surface area (Å²) in [5.41, 5.74) is 6.06. The van der Waals surface area contributed by atoms with Gasteiger partial charge in [0.05, 0.1) is 0 Å². The Labute approximate surface area is 165 Å². The van der Waals surface area contributed by atoms with Crippen LogP contribution < -0.4 is 0 Å². The lowest BCUT2D eigenvalue weighted by Crippen LogP contribution is -2.24. The van der Waals surface area contributed by atoms with Crippen LogP contribution >= 0.6 is 11.8 Å². The highest BCUT2D eigenvalue weighted by Crippen LogP contribution is 2.54. The van der Waals surface area contributed by atoms with Crippen LogP contribution in [-0.2, 0) is 6.42 Å². The molecule has 0 spiro atoms. The van der Waals surface area contributed by atoms with E-state index in [0.29, 0.717) is 28.9 Å². The number of nitrogens with one attached hydrogen (secondary N) is 1. The topological polar surface area (TPSA) is 15.8 Å². The molecule has 1 N–H and O–H groups in total. The number of rotatable bonds is 1. The molecular formula is C25H25NS.